The van der Waals surface area contributed by atoms with Crippen molar-refractivity contribution in [3.05, 3.63) is 65.7 Å². The molecule has 0 aromatic heterocycles. The standard InChI is InChI=1S/C25H26N2O/c1-5-9-18-11-8-13-20-22(18)24(2,3)25(27(20)4)16-26-23-19-12-7-6-10-17(19)14-15-21(23)28-25/h6-8,10-16H,5,9H2,1-4H3. The lowest BCUT2D eigenvalue weighted by Crippen LogP contribution is -2.61. The van der Waals surface area contributed by atoms with Gasteiger partial charge in [-0.05, 0) is 48.9 Å². The van der Waals surface area contributed by atoms with E-state index in [1.165, 1.54) is 22.2 Å². The first kappa shape index (κ1) is 17.3. The Bertz CT molecular complexity index is 1110. The highest BCUT2D eigenvalue weighted by atomic mass is 16.5. The van der Waals surface area contributed by atoms with E-state index in [2.05, 4.69) is 87.3 Å². The summed E-state index contributed by atoms with van der Waals surface area (Å²) in [6, 6.07) is 19.2. The van der Waals surface area contributed by atoms with Crippen LogP contribution < -0.4 is 9.64 Å². The predicted octanol–water partition coefficient (Wildman–Crippen LogP) is 6.01. The number of fused-ring (bicyclic) bond motifs is 4. The highest BCUT2D eigenvalue weighted by Crippen LogP contribution is 2.55. The van der Waals surface area contributed by atoms with E-state index in [1.54, 1.807) is 0 Å². The fourth-order valence-electron chi connectivity index (χ4n) is 5.08. The molecule has 0 saturated heterocycles. The van der Waals surface area contributed by atoms with Crippen LogP contribution in [0.5, 0.6) is 5.75 Å². The molecule has 3 heteroatoms. The largest absolute Gasteiger partial charge is 0.459 e. The second-order valence-electron chi connectivity index (χ2n) is 8.44. The molecule has 2 heterocycles. The number of nitrogens with zero attached hydrogens (tertiary/aromatic N) is 2. The van der Waals surface area contributed by atoms with Gasteiger partial charge < -0.3 is 9.64 Å². The second kappa shape index (κ2) is 5.84. The van der Waals surface area contributed by atoms with Crippen molar-refractivity contribution in [3.8, 4) is 5.75 Å². The molecule has 2 aliphatic heterocycles. The average molecular weight is 370 g/mol. The zero-order chi connectivity index (χ0) is 19.5. The van der Waals surface area contributed by atoms with E-state index in [4.69, 9.17) is 9.73 Å². The summed E-state index contributed by atoms with van der Waals surface area (Å²) < 4.78 is 6.81. The third-order valence-corrected chi connectivity index (χ3v) is 6.53. The molecule has 3 aromatic carbocycles. The summed E-state index contributed by atoms with van der Waals surface area (Å²) in [6.45, 7) is 6.81. The SMILES string of the molecule is CCCc1cccc2c1C(C)(C)C1(C=Nc3c(ccc4ccccc34)O1)N2C. The number of aliphatic imine (C=N–C) groups is 1. The molecular formula is C25H26N2O. The van der Waals surface area contributed by atoms with Crippen LogP contribution in [0.1, 0.15) is 38.3 Å². The zero-order valence-corrected chi connectivity index (χ0v) is 17.0. The summed E-state index contributed by atoms with van der Waals surface area (Å²) in [6.07, 6.45) is 4.24. The Morgan fingerprint density at radius 1 is 1.00 bits per heavy atom. The first-order valence-corrected chi connectivity index (χ1v) is 10.1. The molecule has 2 aliphatic rings. The van der Waals surface area contributed by atoms with Crippen molar-refractivity contribution in [2.75, 3.05) is 11.9 Å². The first-order valence-electron chi connectivity index (χ1n) is 10.1. The minimum absolute atomic E-state index is 0.227. The monoisotopic (exact) mass is 370 g/mol. The van der Waals surface area contributed by atoms with Gasteiger partial charge >= 0.3 is 0 Å². The molecule has 0 N–H and O–H groups in total. The number of aryl methyl sites for hydroxylation is 1. The van der Waals surface area contributed by atoms with Crippen molar-refractivity contribution in [1.29, 1.82) is 0 Å². The summed E-state index contributed by atoms with van der Waals surface area (Å²) >= 11 is 0. The molecule has 3 aromatic rings. The van der Waals surface area contributed by atoms with E-state index in [0.29, 0.717) is 0 Å². The number of anilines is 1. The van der Waals surface area contributed by atoms with Crippen LogP contribution in [0.4, 0.5) is 11.4 Å². The van der Waals surface area contributed by atoms with Crippen LogP contribution in [0.3, 0.4) is 0 Å². The van der Waals surface area contributed by atoms with Gasteiger partial charge in [0.2, 0.25) is 5.72 Å². The number of hydrogen-bond acceptors (Lipinski definition) is 3. The lowest BCUT2D eigenvalue weighted by molar-refractivity contribution is 0.0823. The summed E-state index contributed by atoms with van der Waals surface area (Å²) in [5, 5.41) is 2.32. The molecule has 1 unspecified atom stereocenters. The van der Waals surface area contributed by atoms with Gasteiger partial charge in [0, 0.05) is 18.1 Å². The molecule has 5 rings (SSSR count). The second-order valence-corrected chi connectivity index (χ2v) is 8.44. The number of likely N-dealkylation sites (N-methyl/N-ethyl adjacent to an activating group) is 1. The fraction of sp³-hybridized carbons (Fsp3) is 0.320. The molecule has 0 radical (unpaired) electrons. The van der Waals surface area contributed by atoms with Gasteiger partial charge in [-0.25, -0.2) is 0 Å². The third-order valence-electron chi connectivity index (χ3n) is 6.53. The predicted molar refractivity (Wildman–Crippen MR) is 117 cm³/mol. The molecule has 3 nitrogen and oxygen atoms in total. The Kier molecular flexibility index (Phi) is 3.61. The summed E-state index contributed by atoms with van der Waals surface area (Å²) in [7, 11) is 2.13. The Morgan fingerprint density at radius 2 is 1.82 bits per heavy atom. The zero-order valence-electron chi connectivity index (χ0n) is 17.0. The fourth-order valence-corrected chi connectivity index (χ4v) is 5.08. The van der Waals surface area contributed by atoms with Crippen LogP contribution in [0.25, 0.3) is 10.8 Å². The Labute approximate surface area is 166 Å². The minimum atomic E-state index is -0.630. The maximum atomic E-state index is 6.81. The molecule has 142 valence electrons. The van der Waals surface area contributed by atoms with Crippen molar-refractivity contribution in [3.63, 3.8) is 0 Å². The molecule has 1 spiro atoms. The van der Waals surface area contributed by atoms with Gasteiger partial charge in [-0.15, -0.1) is 0 Å². The Balaban J connectivity index is 1.69. The highest BCUT2D eigenvalue weighted by molar-refractivity contribution is 5.99. The molecule has 0 amide bonds. The van der Waals surface area contributed by atoms with Crippen LogP contribution in [0.2, 0.25) is 0 Å². The summed E-state index contributed by atoms with van der Waals surface area (Å²) in [4.78, 5) is 7.24. The lowest BCUT2D eigenvalue weighted by Gasteiger charge is -2.45. The van der Waals surface area contributed by atoms with Gasteiger partial charge in [-0.3, -0.25) is 4.99 Å². The number of rotatable bonds is 2. The topological polar surface area (TPSA) is 24.8 Å². The maximum absolute atomic E-state index is 6.81. The van der Waals surface area contributed by atoms with Gasteiger partial charge in [0.1, 0.15) is 11.4 Å². The van der Waals surface area contributed by atoms with Gasteiger partial charge in [0.15, 0.2) is 0 Å². The van der Waals surface area contributed by atoms with E-state index >= 15 is 0 Å². The van der Waals surface area contributed by atoms with Gasteiger partial charge in [0.05, 0.1) is 11.6 Å². The maximum Gasteiger partial charge on any atom is 0.228 e. The van der Waals surface area contributed by atoms with Crippen LogP contribution in [-0.4, -0.2) is 19.0 Å². The van der Waals surface area contributed by atoms with E-state index in [-0.39, 0.29) is 5.41 Å². The van der Waals surface area contributed by atoms with Crippen LogP contribution >= 0.6 is 0 Å². The van der Waals surface area contributed by atoms with Gasteiger partial charge in [-0.1, -0.05) is 55.8 Å². The lowest BCUT2D eigenvalue weighted by atomic mass is 9.75. The van der Waals surface area contributed by atoms with Crippen LogP contribution in [0.15, 0.2) is 59.6 Å². The summed E-state index contributed by atoms with van der Waals surface area (Å²) in [5.41, 5.74) is 4.11. The van der Waals surface area contributed by atoms with Crippen LogP contribution in [-0.2, 0) is 11.8 Å². The quantitative estimate of drug-likeness (QED) is 0.552. The Hall–Kier alpha value is -2.81. The van der Waals surface area contributed by atoms with Crippen molar-refractivity contribution < 1.29 is 4.74 Å². The minimum Gasteiger partial charge on any atom is -0.459 e. The number of hydrogen-bond donors (Lipinski definition) is 0. The first-order chi connectivity index (χ1) is 13.5. The van der Waals surface area contributed by atoms with Gasteiger partial charge in [-0.2, -0.15) is 0 Å². The van der Waals surface area contributed by atoms with Crippen molar-refractivity contribution in [2.24, 2.45) is 4.99 Å². The van der Waals surface area contributed by atoms with E-state index in [1.807, 2.05) is 6.21 Å². The van der Waals surface area contributed by atoms with E-state index in [9.17, 15) is 0 Å². The van der Waals surface area contributed by atoms with E-state index in [0.717, 1.165) is 29.7 Å². The average Bonchev–Trinajstić information content (AvgIpc) is 2.87. The van der Waals surface area contributed by atoms with Crippen molar-refractivity contribution in [1.82, 2.24) is 0 Å². The summed E-state index contributed by atoms with van der Waals surface area (Å²) in [5.74, 6) is 0.853. The molecule has 28 heavy (non-hydrogen) atoms. The van der Waals surface area contributed by atoms with Crippen molar-refractivity contribution in [2.45, 2.75) is 44.8 Å². The van der Waals surface area contributed by atoms with Gasteiger partial charge in [0.25, 0.3) is 0 Å². The van der Waals surface area contributed by atoms with Crippen LogP contribution in [0, 0.1) is 0 Å². The Morgan fingerprint density at radius 3 is 2.64 bits per heavy atom. The molecule has 1 atom stereocenters. The number of ether oxygens (including phenoxy) is 1. The molecule has 0 aliphatic carbocycles. The van der Waals surface area contributed by atoms with Crippen molar-refractivity contribution >= 4 is 28.4 Å². The number of benzene rings is 3. The normalized spacial score (nSPS) is 21.6. The third kappa shape index (κ3) is 2.07. The molecule has 0 bridgehead atoms. The van der Waals surface area contributed by atoms with E-state index < -0.39 is 5.72 Å². The smallest absolute Gasteiger partial charge is 0.228 e. The molecule has 0 fully saturated rings. The molecular weight excluding hydrogens is 344 g/mol. The highest BCUT2D eigenvalue weighted by Gasteiger charge is 2.59. The molecule has 0 saturated carbocycles.